The summed E-state index contributed by atoms with van der Waals surface area (Å²) in [6.07, 6.45) is 2.80. The molecule has 0 aliphatic carbocycles. The number of halogens is 3. The number of hydrogen-bond acceptors (Lipinski definition) is 7. The van der Waals surface area contributed by atoms with Gasteiger partial charge in [-0.2, -0.15) is 0 Å². The number of amides is 2. The van der Waals surface area contributed by atoms with E-state index in [0.717, 1.165) is 51.9 Å². The van der Waals surface area contributed by atoms with E-state index in [-0.39, 0.29) is 23.9 Å². The normalized spacial score (nSPS) is 17.3. The Kier molecular flexibility index (Phi) is 10.5. The third-order valence-corrected chi connectivity index (χ3v) is 10.8. The molecule has 13 heteroatoms. The number of hydrogen-bond donors (Lipinski definition) is 4. The minimum Gasteiger partial charge on any atom is -0.481 e. The van der Waals surface area contributed by atoms with E-state index in [0.29, 0.717) is 76.9 Å². The summed E-state index contributed by atoms with van der Waals surface area (Å²) in [4.78, 5) is 32.9. The van der Waals surface area contributed by atoms with Crippen LogP contribution in [-0.2, 0) is 29.7 Å². The number of methoxy groups -OCH3 is 1. The lowest BCUT2D eigenvalue weighted by atomic mass is 9.98. The number of carbonyl (C=O) groups is 2. The highest BCUT2D eigenvalue weighted by Gasteiger charge is 2.23. The molecule has 2 amide bonds. The lowest BCUT2D eigenvalue weighted by Gasteiger charge is -2.15. The molecule has 2 aromatic carbocycles. The van der Waals surface area contributed by atoms with E-state index < -0.39 is 0 Å². The molecule has 5 aromatic rings. The van der Waals surface area contributed by atoms with Crippen LogP contribution in [0.5, 0.6) is 5.88 Å². The van der Waals surface area contributed by atoms with Crippen molar-refractivity contribution in [2.75, 3.05) is 20.2 Å². The molecule has 2 aliphatic rings. The third kappa shape index (κ3) is 7.29. The van der Waals surface area contributed by atoms with Crippen molar-refractivity contribution in [3.05, 3.63) is 87.0 Å². The zero-order valence-corrected chi connectivity index (χ0v) is 30.6. The van der Waals surface area contributed by atoms with Crippen molar-refractivity contribution in [3.8, 4) is 39.5 Å². The predicted octanol–water partition coefficient (Wildman–Crippen LogP) is 6.67. The van der Waals surface area contributed by atoms with Gasteiger partial charge in [-0.05, 0) is 31.0 Å². The van der Waals surface area contributed by atoms with Gasteiger partial charge in [0, 0.05) is 86.0 Å². The Hall–Kier alpha value is -4.19. The Bertz CT molecular complexity index is 2140. The minimum absolute atomic E-state index is 0.0972. The van der Waals surface area contributed by atoms with Crippen LogP contribution in [0.4, 0.5) is 0 Å². The second-order valence-electron chi connectivity index (χ2n) is 13.0. The molecular formula is C38H38Cl3N7O3. The van der Waals surface area contributed by atoms with Crippen molar-refractivity contribution in [2.24, 2.45) is 7.05 Å². The molecule has 0 saturated carbocycles. The molecule has 5 heterocycles. The highest BCUT2D eigenvalue weighted by Crippen LogP contribution is 2.42. The second kappa shape index (κ2) is 15.2. The topological polar surface area (TPSA) is 122 Å². The molecule has 3 aromatic heterocycles. The molecule has 51 heavy (non-hydrogen) atoms. The number of benzene rings is 2. The Morgan fingerprint density at radius 2 is 1.29 bits per heavy atom. The highest BCUT2D eigenvalue weighted by molar-refractivity contribution is 6.39. The van der Waals surface area contributed by atoms with Crippen molar-refractivity contribution in [2.45, 2.75) is 50.9 Å². The first-order chi connectivity index (χ1) is 24.7. The highest BCUT2D eigenvalue weighted by atomic mass is 35.5. The summed E-state index contributed by atoms with van der Waals surface area (Å²) in [6, 6.07) is 19.7. The Morgan fingerprint density at radius 1 is 0.745 bits per heavy atom. The Balaban J connectivity index is 1.12. The number of aryl methyl sites for hydroxylation is 1. The van der Waals surface area contributed by atoms with Gasteiger partial charge in [0.05, 0.1) is 44.8 Å². The number of nitrogens with zero attached hydrogens (tertiary/aromatic N) is 3. The summed E-state index contributed by atoms with van der Waals surface area (Å²) in [5.74, 6) is 0.694. The van der Waals surface area contributed by atoms with E-state index in [1.165, 1.54) is 0 Å². The van der Waals surface area contributed by atoms with Crippen molar-refractivity contribution in [1.29, 1.82) is 0 Å². The molecule has 4 N–H and O–H groups in total. The van der Waals surface area contributed by atoms with Crippen molar-refractivity contribution >= 4 is 57.7 Å². The Labute approximate surface area is 311 Å². The maximum absolute atomic E-state index is 11.6. The fraction of sp³-hybridized carbons (Fsp3) is 0.316. The molecule has 0 spiro atoms. The maximum Gasteiger partial charge on any atom is 0.220 e. The minimum atomic E-state index is 0.0972. The van der Waals surface area contributed by atoms with Gasteiger partial charge >= 0.3 is 0 Å². The summed E-state index contributed by atoms with van der Waals surface area (Å²) in [6.45, 7) is 2.44. The summed E-state index contributed by atoms with van der Waals surface area (Å²) in [5.41, 5.74) is 7.79. The van der Waals surface area contributed by atoms with E-state index in [1.54, 1.807) is 7.11 Å². The molecule has 2 unspecified atom stereocenters. The lowest BCUT2D eigenvalue weighted by molar-refractivity contribution is -0.120. The van der Waals surface area contributed by atoms with Gasteiger partial charge in [-0.3, -0.25) is 9.59 Å². The van der Waals surface area contributed by atoms with Crippen LogP contribution in [0.25, 0.3) is 44.7 Å². The average Bonchev–Trinajstić information content (AvgIpc) is 3.82. The van der Waals surface area contributed by atoms with Crippen LogP contribution in [0, 0.1) is 0 Å². The van der Waals surface area contributed by atoms with Gasteiger partial charge in [0.15, 0.2) is 0 Å². The molecule has 0 radical (unpaired) electrons. The predicted molar refractivity (Wildman–Crippen MR) is 202 cm³/mol. The Morgan fingerprint density at radius 3 is 1.86 bits per heavy atom. The first-order valence-electron chi connectivity index (χ1n) is 17.0. The van der Waals surface area contributed by atoms with Crippen LogP contribution in [-0.4, -0.2) is 58.6 Å². The van der Waals surface area contributed by atoms with Crippen LogP contribution < -0.4 is 26.0 Å². The summed E-state index contributed by atoms with van der Waals surface area (Å²) >= 11 is 21.2. The van der Waals surface area contributed by atoms with Crippen molar-refractivity contribution in [3.63, 3.8) is 0 Å². The van der Waals surface area contributed by atoms with Crippen LogP contribution in [0.2, 0.25) is 15.1 Å². The number of fused-ring (bicyclic) bond motifs is 1. The fourth-order valence-electron chi connectivity index (χ4n) is 6.87. The van der Waals surface area contributed by atoms with E-state index >= 15 is 0 Å². The van der Waals surface area contributed by atoms with Gasteiger partial charge in [-0.1, -0.05) is 77.3 Å². The van der Waals surface area contributed by atoms with E-state index in [2.05, 4.69) is 21.3 Å². The second-order valence-corrected chi connectivity index (χ2v) is 14.1. The number of ether oxygens (including phenoxy) is 1. The molecule has 2 aliphatic heterocycles. The fourth-order valence-corrected chi connectivity index (χ4v) is 7.85. The number of rotatable bonds is 12. The van der Waals surface area contributed by atoms with Gasteiger partial charge in [-0.15, -0.1) is 0 Å². The summed E-state index contributed by atoms with van der Waals surface area (Å²) in [7, 11) is 3.57. The lowest BCUT2D eigenvalue weighted by Crippen LogP contribution is -2.35. The number of pyridine rings is 2. The molecule has 2 atom stereocenters. The van der Waals surface area contributed by atoms with E-state index in [4.69, 9.17) is 49.5 Å². The maximum atomic E-state index is 11.6. The quantitative estimate of drug-likeness (QED) is 0.113. The van der Waals surface area contributed by atoms with Crippen LogP contribution in [0.3, 0.4) is 0 Å². The standard InChI is InChI=1S/C38H38Cl3N7O3/c1-48-30-14-13-28(46-37(30)36(41)31(48)20-43-19-23-11-16-33(50)45-23)26-7-3-5-24(34(26)39)25-6-4-8-27(35(25)40)29-12-9-21(38(47-29)51-2)17-42-18-22-10-15-32(49)44-22/h3-9,12-14,22-23,42-43H,10-11,15-20H2,1-2H3,(H,44,49)(H,45,50). The molecule has 2 fully saturated rings. The van der Waals surface area contributed by atoms with Crippen LogP contribution >= 0.6 is 34.8 Å². The first kappa shape index (κ1) is 35.2. The molecular weight excluding hydrogens is 709 g/mol. The molecule has 7 rings (SSSR count). The summed E-state index contributed by atoms with van der Waals surface area (Å²) in [5, 5.41) is 14.4. The van der Waals surface area contributed by atoms with Crippen LogP contribution in [0.15, 0.2) is 60.7 Å². The zero-order valence-electron chi connectivity index (χ0n) is 28.3. The number of carbonyl (C=O) groups excluding carboxylic acids is 2. The third-order valence-electron chi connectivity index (χ3n) is 9.63. The molecule has 2 saturated heterocycles. The zero-order chi connectivity index (χ0) is 35.6. The SMILES string of the molecule is COc1nc(-c2cccc(-c3cccc(-c4ccc5c(n4)c(Cl)c(CNCC4CCC(=O)N4)n5C)c3Cl)c2Cl)ccc1CNCC1CCC(=O)N1. The average molecular weight is 747 g/mol. The monoisotopic (exact) mass is 745 g/mol. The smallest absolute Gasteiger partial charge is 0.220 e. The van der Waals surface area contributed by atoms with Gasteiger partial charge in [0.2, 0.25) is 17.7 Å². The largest absolute Gasteiger partial charge is 0.481 e. The number of nitrogens with one attached hydrogen (secondary N) is 4. The molecule has 0 bridgehead atoms. The van der Waals surface area contributed by atoms with E-state index in [9.17, 15) is 9.59 Å². The van der Waals surface area contributed by atoms with Crippen molar-refractivity contribution < 1.29 is 14.3 Å². The van der Waals surface area contributed by atoms with Gasteiger partial charge < -0.3 is 30.6 Å². The first-order valence-corrected chi connectivity index (χ1v) is 18.1. The molecule has 10 nitrogen and oxygen atoms in total. The number of aromatic nitrogens is 3. The van der Waals surface area contributed by atoms with Gasteiger partial charge in [0.1, 0.15) is 5.52 Å². The van der Waals surface area contributed by atoms with E-state index in [1.807, 2.05) is 72.3 Å². The van der Waals surface area contributed by atoms with Crippen LogP contribution in [0.1, 0.15) is 36.9 Å². The molecule has 264 valence electrons. The van der Waals surface area contributed by atoms with Gasteiger partial charge in [-0.25, -0.2) is 9.97 Å². The summed E-state index contributed by atoms with van der Waals surface area (Å²) < 4.78 is 7.70. The van der Waals surface area contributed by atoms with Crippen molar-refractivity contribution in [1.82, 2.24) is 35.8 Å². The van der Waals surface area contributed by atoms with Gasteiger partial charge in [0.25, 0.3) is 0 Å².